The molecule has 6 nitrogen and oxygen atoms in total. The van der Waals surface area contributed by atoms with Crippen LogP contribution in [0, 0.1) is 18.8 Å². The predicted octanol–water partition coefficient (Wildman–Crippen LogP) is 1.30. The first-order chi connectivity index (χ1) is 8.86. The molecule has 0 aromatic carbocycles. The number of carboxylic acid groups (broad SMARTS) is 1. The Labute approximate surface area is 112 Å². The summed E-state index contributed by atoms with van der Waals surface area (Å²) in [6, 6.07) is 1.70. The van der Waals surface area contributed by atoms with Crippen molar-refractivity contribution in [2.45, 2.75) is 34.2 Å². The summed E-state index contributed by atoms with van der Waals surface area (Å²) in [6.45, 7) is 8.09. The summed E-state index contributed by atoms with van der Waals surface area (Å²) in [6.07, 6.45) is 0. The van der Waals surface area contributed by atoms with Crippen molar-refractivity contribution in [3.8, 4) is 0 Å². The van der Waals surface area contributed by atoms with Gasteiger partial charge in [-0.3, -0.25) is 14.3 Å². The van der Waals surface area contributed by atoms with Gasteiger partial charge in [0.05, 0.1) is 11.6 Å². The van der Waals surface area contributed by atoms with Gasteiger partial charge in [-0.25, -0.2) is 0 Å². The van der Waals surface area contributed by atoms with E-state index in [1.807, 2.05) is 27.7 Å². The number of hydrogen-bond donors (Lipinski definition) is 2. The van der Waals surface area contributed by atoms with Crippen LogP contribution < -0.4 is 5.32 Å². The maximum atomic E-state index is 12.0. The summed E-state index contributed by atoms with van der Waals surface area (Å²) in [7, 11) is 0. The van der Waals surface area contributed by atoms with Crippen molar-refractivity contribution in [2.24, 2.45) is 11.8 Å². The Balaban J connectivity index is 2.72. The van der Waals surface area contributed by atoms with Gasteiger partial charge in [0.25, 0.3) is 5.91 Å². The zero-order valence-corrected chi connectivity index (χ0v) is 11.8. The molecular weight excluding hydrogens is 246 g/mol. The lowest BCUT2D eigenvalue weighted by Gasteiger charge is -2.16. The molecule has 0 spiro atoms. The van der Waals surface area contributed by atoms with Crippen molar-refractivity contribution < 1.29 is 14.7 Å². The van der Waals surface area contributed by atoms with Crippen LogP contribution in [-0.4, -0.2) is 33.3 Å². The number of aliphatic carboxylic acids is 1. The van der Waals surface area contributed by atoms with E-state index >= 15 is 0 Å². The van der Waals surface area contributed by atoms with Crippen LogP contribution in [0.2, 0.25) is 0 Å². The molecule has 0 aliphatic carbocycles. The van der Waals surface area contributed by atoms with Crippen molar-refractivity contribution >= 4 is 11.9 Å². The molecule has 19 heavy (non-hydrogen) atoms. The number of aromatic nitrogens is 2. The van der Waals surface area contributed by atoms with Crippen molar-refractivity contribution in [1.29, 1.82) is 0 Å². The molecular formula is C13H21N3O3. The Bertz CT molecular complexity index is 466. The van der Waals surface area contributed by atoms with Gasteiger partial charge in [0.1, 0.15) is 5.69 Å². The van der Waals surface area contributed by atoms with Gasteiger partial charge in [0, 0.05) is 13.1 Å². The van der Waals surface area contributed by atoms with E-state index in [4.69, 9.17) is 5.11 Å². The van der Waals surface area contributed by atoms with Crippen molar-refractivity contribution in [3.63, 3.8) is 0 Å². The first-order valence-electron chi connectivity index (χ1n) is 6.42. The second-order valence-corrected chi connectivity index (χ2v) is 4.89. The smallest absolute Gasteiger partial charge is 0.308 e. The lowest BCUT2D eigenvalue weighted by molar-refractivity contribution is -0.142. The van der Waals surface area contributed by atoms with Gasteiger partial charge in [-0.15, -0.1) is 0 Å². The lowest BCUT2D eigenvalue weighted by atomic mass is 9.96. The Morgan fingerprint density at radius 2 is 2.11 bits per heavy atom. The summed E-state index contributed by atoms with van der Waals surface area (Å²) in [5, 5.41) is 15.9. The molecule has 0 radical (unpaired) electrons. The molecule has 1 heterocycles. The lowest BCUT2D eigenvalue weighted by Crippen LogP contribution is -2.36. The molecule has 0 aliphatic heterocycles. The van der Waals surface area contributed by atoms with Gasteiger partial charge < -0.3 is 10.4 Å². The van der Waals surface area contributed by atoms with Crippen LogP contribution in [-0.2, 0) is 11.3 Å². The number of carboxylic acids is 1. The van der Waals surface area contributed by atoms with Crippen molar-refractivity contribution in [3.05, 3.63) is 17.5 Å². The maximum Gasteiger partial charge on any atom is 0.308 e. The summed E-state index contributed by atoms with van der Waals surface area (Å²) in [5.41, 5.74) is 1.23. The van der Waals surface area contributed by atoms with Crippen LogP contribution in [0.3, 0.4) is 0 Å². The van der Waals surface area contributed by atoms with Crippen molar-refractivity contribution in [2.75, 3.05) is 6.54 Å². The molecule has 0 aliphatic rings. The maximum absolute atomic E-state index is 12.0. The largest absolute Gasteiger partial charge is 0.481 e. The highest BCUT2D eigenvalue weighted by Gasteiger charge is 2.23. The molecule has 2 N–H and O–H groups in total. The number of nitrogens with one attached hydrogen (secondary N) is 1. The summed E-state index contributed by atoms with van der Waals surface area (Å²) in [5.74, 6) is -1.79. The molecule has 1 amide bonds. The Kier molecular flexibility index (Phi) is 5.09. The van der Waals surface area contributed by atoms with Gasteiger partial charge in [-0.1, -0.05) is 13.8 Å². The molecule has 0 bridgehead atoms. The summed E-state index contributed by atoms with van der Waals surface area (Å²) in [4.78, 5) is 23.1. The van der Waals surface area contributed by atoms with Gasteiger partial charge in [-0.05, 0) is 25.8 Å². The Hall–Kier alpha value is -1.85. The van der Waals surface area contributed by atoms with Crippen molar-refractivity contribution in [1.82, 2.24) is 15.1 Å². The SMILES string of the molecule is CCn1nc(C)cc1C(=O)NCC(C(=O)O)C(C)C. The molecule has 0 saturated heterocycles. The minimum absolute atomic E-state index is 0.0318. The Morgan fingerprint density at radius 3 is 2.58 bits per heavy atom. The van der Waals surface area contributed by atoms with Crippen LogP contribution in [0.5, 0.6) is 0 Å². The fraction of sp³-hybridized carbons (Fsp3) is 0.615. The van der Waals surface area contributed by atoms with Crippen LogP contribution >= 0.6 is 0 Å². The van der Waals surface area contributed by atoms with E-state index in [9.17, 15) is 9.59 Å². The molecule has 6 heteroatoms. The highest BCUT2D eigenvalue weighted by atomic mass is 16.4. The van der Waals surface area contributed by atoms with E-state index < -0.39 is 11.9 Å². The van der Waals surface area contributed by atoms with Gasteiger partial charge >= 0.3 is 5.97 Å². The monoisotopic (exact) mass is 267 g/mol. The summed E-state index contributed by atoms with van der Waals surface area (Å²) >= 11 is 0. The fourth-order valence-corrected chi connectivity index (χ4v) is 1.87. The zero-order chi connectivity index (χ0) is 14.6. The molecule has 1 aromatic rings. The minimum atomic E-state index is -0.893. The topological polar surface area (TPSA) is 84.2 Å². The van der Waals surface area contributed by atoms with E-state index in [2.05, 4.69) is 10.4 Å². The van der Waals surface area contributed by atoms with E-state index in [-0.39, 0.29) is 18.4 Å². The molecule has 0 saturated carbocycles. The third-order valence-electron chi connectivity index (χ3n) is 3.04. The molecule has 1 rings (SSSR count). The number of carbonyl (C=O) groups excluding carboxylic acids is 1. The van der Waals surface area contributed by atoms with Gasteiger partial charge in [0.2, 0.25) is 0 Å². The Morgan fingerprint density at radius 1 is 1.47 bits per heavy atom. The number of aryl methyl sites for hydroxylation is 2. The molecule has 0 fully saturated rings. The average molecular weight is 267 g/mol. The third kappa shape index (κ3) is 3.81. The fourth-order valence-electron chi connectivity index (χ4n) is 1.87. The van der Waals surface area contributed by atoms with Crippen LogP contribution in [0.1, 0.15) is 37.0 Å². The van der Waals surface area contributed by atoms with Crippen LogP contribution in [0.4, 0.5) is 0 Å². The number of rotatable bonds is 6. The predicted molar refractivity (Wildman–Crippen MR) is 70.9 cm³/mol. The molecule has 106 valence electrons. The second-order valence-electron chi connectivity index (χ2n) is 4.89. The minimum Gasteiger partial charge on any atom is -0.481 e. The van der Waals surface area contributed by atoms with E-state index in [1.54, 1.807) is 10.7 Å². The van der Waals surface area contributed by atoms with Gasteiger partial charge in [0.15, 0.2) is 0 Å². The number of amides is 1. The number of carbonyl (C=O) groups is 2. The first-order valence-corrected chi connectivity index (χ1v) is 6.42. The summed E-state index contributed by atoms with van der Waals surface area (Å²) < 4.78 is 1.61. The highest BCUT2D eigenvalue weighted by molar-refractivity contribution is 5.92. The standard InChI is InChI=1S/C13H21N3O3/c1-5-16-11(6-9(4)15-16)12(17)14-7-10(8(2)3)13(18)19/h6,8,10H,5,7H2,1-4H3,(H,14,17)(H,18,19). The van der Waals surface area contributed by atoms with Crippen LogP contribution in [0.15, 0.2) is 6.07 Å². The van der Waals surface area contributed by atoms with Gasteiger partial charge in [-0.2, -0.15) is 5.10 Å². The quantitative estimate of drug-likeness (QED) is 0.813. The number of nitrogens with zero attached hydrogens (tertiary/aromatic N) is 2. The molecule has 1 atom stereocenters. The average Bonchev–Trinajstić information content (AvgIpc) is 2.69. The van der Waals surface area contributed by atoms with E-state index in [0.717, 1.165) is 5.69 Å². The molecule has 1 aromatic heterocycles. The van der Waals surface area contributed by atoms with E-state index in [1.165, 1.54) is 0 Å². The second kappa shape index (κ2) is 6.36. The molecule has 1 unspecified atom stereocenters. The first kappa shape index (κ1) is 15.2. The zero-order valence-electron chi connectivity index (χ0n) is 11.8. The van der Waals surface area contributed by atoms with Crippen LogP contribution in [0.25, 0.3) is 0 Å². The highest BCUT2D eigenvalue weighted by Crippen LogP contribution is 2.10. The number of hydrogen-bond acceptors (Lipinski definition) is 3. The third-order valence-corrected chi connectivity index (χ3v) is 3.04. The van der Waals surface area contributed by atoms with E-state index in [0.29, 0.717) is 12.2 Å². The normalized spacial score (nSPS) is 12.5.